The van der Waals surface area contributed by atoms with Crippen molar-refractivity contribution in [2.24, 2.45) is 7.05 Å². The van der Waals surface area contributed by atoms with Gasteiger partial charge in [-0.3, -0.25) is 0 Å². The number of anilines is 2. The second-order valence-corrected chi connectivity index (χ2v) is 4.92. The van der Waals surface area contributed by atoms with E-state index in [2.05, 4.69) is 15.5 Å². The smallest absolute Gasteiger partial charge is 0.144 e. The van der Waals surface area contributed by atoms with E-state index in [1.807, 2.05) is 43.7 Å². The van der Waals surface area contributed by atoms with E-state index < -0.39 is 0 Å². The van der Waals surface area contributed by atoms with Crippen LogP contribution in [0.3, 0.4) is 0 Å². The van der Waals surface area contributed by atoms with E-state index >= 15 is 0 Å². The van der Waals surface area contributed by atoms with Gasteiger partial charge in [-0.25, -0.2) is 0 Å². The highest BCUT2D eigenvalue weighted by atomic mass is 16.5. The number of nitrogens with one attached hydrogen (secondary N) is 1. The van der Waals surface area contributed by atoms with E-state index in [1.54, 1.807) is 6.33 Å². The lowest BCUT2D eigenvalue weighted by atomic mass is 10.2. The average molecular weight is 275 g/mol. The molecule has 0 saturated carbocycles. The molecule has 20 heavy (non-hydrogen) atoms. The van der Waals surface area contributed by atoms with Crippen molar-refractivity contribution in [3.05, 3.63) is 30.4 Å². The first kappa shape index (κ1) is 14.2. The quantitative estimate of drug-likeness (QED) is 0.786. The molecule has 0 aliphatic rings. The lowest BCUT2D eigenvalue weighted by Crippen LogP contribution is -2.12. The summed E-state index contributed by atoms with van der Waals surface area (Å²) in [6, 6.07) is 5.75. The van der Waals surface area contributed by atoms with Crippen LogP contribution in [0.15, 0.2) is 24.5 Å². The van der Waals surface area contributed by atoms with E-state index in [4.69, 9.17) is 10.5 Å². The Kier molecular flexibility index (Phi) is 4.45. The van der Waals surface area contributed by atoms with Crippen LogP contribution >= 0.6 is 0 Å². The second-order valence-electron chi connectivity index (χ2n) is 4.92. The summed E-state index contributed by atoms with van der Waals surface area (Å²) in [5, 5.41) is 11.2. The Morgan fingerprint density at radius 1 is 1.40 bits per heavy atom. The fourth-order valence-electron chi connectivity index (χ4n) is 1.90. The van der Waals surface area contributed by atoms with Gasteiger partial charge in [0.2, 0.25) is 0 Å². The summed E-state index contributed by atoms with van der Waals surface area (Å²) >= 11 is 0. The minimum Gasteiger partial charge on any atom is -0.489 e. The van der Waals surface area contributed by atoms with Crippen molar-refractivity contribution in [2.45, 2.75) is 26.4 Å². The molecule has 1 heterocycles. The van der Waals surface area contributed by atoms with Crippen LogP contribution in [0.4, 0.5) is 11.4 Å². The third kappa shape index (κ3) is 3.40. The number of nitrogens with two attached hydrogens (primary N) is 1. The molecule has 6 heteroatoms. The molecular weight excluding hydrogens is 254 g/mol. The number of rotatable bonds is 6. The molecule has 0 aliphatic carbocycles. The monoisotopic (exact) mass is 275 g/mol. The first-order chi connectivity index (χ1) is 9.58. The van der Waals surface area contributed by atoms with Crippen LogP contribution in [0.5, 0.6) is 5.75 Å². The first-order valence-electron chi connectivity index (χ1n) is 6.70. The zero-order valence-corrected chi connectivity index (χ0v) is 12.1. The fourth-order valence-corrected chi connectivity index (χ4v) is 1.90. The number of aromatic nitrogens is 3. The van der Waals surface area contributed by atoms with E-state index in [1.165, 1.54) is 0 Å². The number of para-hydroxylation sites is 1. The molecular formula is C14H21N5O. The molecule has 0 spiro atoms. The van der Waals surface area contributed by atoms with E-state index in [0.29, 0.717) is 11.4 Å². The van der Waals surface area contributed by atoms with Gasteiger partial charge in [-0.1, -0.05) is 6.07 Å². The minimum absolute atomic E-state index is 0.103. The van der Waals surface area contributed by atoms with Gasteiger partial charge in [-0.2, -0.15) is 0 Å². The average Bonchev–Trinajstić information content (AvgIpc) is 2.79. The maximum Gasteiger partial charge on any atom is 0.144 e. The Morgan fingerprint density at radius 3 is 2.85 bits per heavy atom. The number of nitrogens with zero attached hydrogens (tertiary/aromatic N) is 3. The maximum atomic E-state index is 6.10. The molecule has 0 fully saturated rings. The van der Waals surface area contributed by atoms with Gasteiger partial charge < -0.3 is 20.4 Å². The van der Waals surface area contributed by atoms with Gasteiger partial charge in [0, 0.05) is 20.0 Å². The molecule has 2 rings (SSSR count). The molecule has 6 nitrogen and oxygen atoms in total. The molecule has 3 N–H and O–H groups in total. The molecule has 108 valence electrons. The molecule has 0 aliphatic heterocycles. The second kappa shape index (κ2) is 6.27. The third-order valence-corrected chi connectivity index (χ3v) is 2.90. The highest BCUT2D eigenvalue weighted by Gasteiger charge is 2.07. The SMILES string of the molecule is CC(C)Oc1cccc(NCCc2nncn2C)c1N. The topological polar surface area (TPSA) is 78.0 Å². The lowest BCUT2D eigenvalue weighted by Gasteiger charge is -2.15. The van der Waals surface area contributed by atoms with Crippen molar-refractivity contribution >= 4 is 11.4 Å². The molecule has 0 radical (unpaired) electrons. The van der Waals surface area contributed by atoms with Crippen LogP contribution in [-0.2, 0) is 13.5 Å². The van der Waals surface area contributed by atoms with E-state index in [9.17, 15) is 0 Å². The van der Waals surface area contributed by atoms with Crippen molar-refractivity contribution in [3.8, 4) is 5.75 Å². The van der Waals surface area contributed by atoms with Gasteiger partial charge in [0.1, 0.15) is 17.9 Å². The summed E-state index contributed by atoms with van der Waals surface area (Å²) in [4.78, 5) is 0. The number of hydrogen-bond donors (Lipinski definition) is 2. The molecule has 0 atom stereocenters. The number of ether oxygens (including phenoxy) is 1. The summed E-state index contributed by atoms with van der Waals surface area (Å²) in [7, 11) is 1.93. The number of hydrogen-bond acceptors (Lipinski definition) is 5. The number of aryl methyl sites for hydroxylation is 1. The van der Waals surface area contributed by atoms with Crippen molar-refractivity contribution in [3.63, 3.8) is 0 Å². The molecule has 1 aromatic carbocycles. The van der Waals surface area contributed by atoms with Gasteiger partial charge in [-0.15, -0.1) is 10.2 Å². The summed E-state index contributed by atoms with van der Waals surface area (Å²) in [6.07, 6.45) is 2.58. The summed E-state index contributed by atoms with van der Waals surface area (Å²) < 4.78 is 7.57. The Hall–Kier alpha value is -2.24. The van der Waals surface area contributed by atoms with Crippen molar-refractivity contribution in [1.29, 1.82) is 0 Å². The predicted molar refractivity (Wildman–Crippen MR) is 79.8 cm³/mol. The summed E-state index contributed by atoms with van der Waals surface area (Å²) in [5.41, 5.74) is 7.62. The highest BCUT2D eigenvalue weighted by molar-refractivity contribution is 5.72. The zero-order valence-electron chi connectivity index (χ0n) is 12.1. The Bertz CT molecular complexity index is 564. The maximum absolute atomic E-state index is 6.10. The standard InChI is InChI=1S/C14H21N5O/c1-10(2)20-12-6-4-5-11(14(12)15)16-8-7-13-18-17-9-19(13)3/h4-6,9-10,16H,7-8,15H2,1-3H3. The molecule has 0 amide bonds. The van der Waals surface area contributed by atoms with Crippen LogP contribution < -0.4 is 15.8 Å². The summed E-state index contributed by atoms with van der Waals surface area (Å²) in [6.45, 7) is 4.70. The summed E-state index contributed by atoms with van der Waals surface area (Å²) in [5.74, 6) is 1.65. The molecule has 0 saturated heterocycles. The highest BCUT2D eigenvalue weighted by Crippen LogP contribution is 2.29. The van der Waals surface area contributed by atoms with E-state index in [-0.39, 0.29) is 6.10 Å². The number of benzene rings is 1. The normalized spacial score (nSPS) is 10.8. The molecule has 2 aromatic rings. The first-order valence-corrected chi connectivity index (χ1v) is 6.70. The Balaban J connectivity index is 1.97. The van der Waals surface area contributed by atoms with Gasteiger partial charge in [0.25, 0.3) is 0 Å². The van der Waals surface area contributed by atoms with Gasteiger partial charge >= 0.3 is 0 Å². The van der Waals surface area contributed by atoms with Crippen molar-refractivity contribution < 1.29 is 4.74 Å². The molecule has 0 unspecified atom stereocenters. The lowest BCUT2D eigenvalue weighted by molar-refractivity contribution is 0.244. The zero-order chi connectivity index (χ0) is 14.5. The predicted octanol–water partition coefficient (Wildman–Crippen LogP) is 1.84. The van der Waals surface area contributed by atoms with Gasteiger partial charge in [-0.05, 0) is 26.0 Å². The third-order valence-electron chi connectivity index (χ3n) is 2.90. The van der Waals surface area contributed by atoms with Crippen LogP contribution in [-0.4, -0.2) is 27.4 Å². The van der Waals surface area contributed by atoms with Crippen LogP contribution in [0.25, 0.3) is 0 Å². The van der Waals surface area contributed by atoms with Crippen LogP contribution in [0.2, 0.25) is 0 Å². The number of nitrogen functional groups attached to an aromatic ring is 1. The van der Waals surface area contributed by atoms with Gasteiger partial charge in [0.15, 0.2) is 0 Å². The van der Waals surface area contributed by atoms with Crippen LogP contribution in [0, 0.1) is 0 Å². The fraction of sp³-hybridized carbons (Fsp3) is 0.429. The van der Waals surface area contributed by atoms with Crippen molar-refractivity contribution in [1.82, 2.24) is 14.8 Å². The molecule has 0 bridgehead atoms. The van der Waals surface area contributed by atoms with Crippen LogP contribution in [0.1, 0.15) is 19.7 Å². The van der Waals surface area contributed by atoms with E-state index in [0.717, 1.165) is 24.5 Å². The molecule has 1 aromatic heterocycles. The van der Waals surface area contributed by atoms with Gasteiger partial charge in [0.05, 0.1) is 17.5 Å². The van der Waals surface area contributed by atoms with Crippen molar-refractivity contribution in [2.75, 3.05) is 17.6 Å². The largest absolute Gasteiger partial charge is 0.489 e. The minimum atomic E-state index is 0.103. The Labute approximate surface area is 119 Å². The Morgan fingerprint density at radius 2 is 2.20 bits per heavy atom.